The molecular weight excluding hydrogens is 152 g/mol. The fourth-order valence-electron chi connectivity index (χ4n) is 2.29. The monoisotopic (exact) mass is 170 g/mol. The van der Waals surface area contributed by atoms with Crippen LogP contribution in [0.25, 0.3) is 0 Å². The van der Waals surface area contributed by atoms with Crippen LogP contribution in [0, 0.1) is 5.92 Å². The van der Waals surface area contributed by atoms with Gasteiger partial charge in [0.25, 0.3) is 0 Å². The smallest absolute Gasteiger partial charge is 0.0471 e. The second-order valence-corrected chi connectivity index (χ2v) is 3.98. The molecule has 12 heavy (non-hydrogen) atoms. The Hall–Kier alpha value is -0.120. The summed E-state index contributed by atoms with van der Waals surface area (Å²) in [5.41, 5.74) is 0. The lowest BCUT2D eigenvalue weighted by Crippen LogP contribution is -2.35. The van der Waals surface area contributed by atoms with Crippen molar-refractivity contribution in [2.24, 2.45) is 5.92 Å². The molecule has 0 spiro atoms. The highest BCUT2D eigenvalue weighted by atomic mass is 16.3. The summed E-state index contributed by atoms with van der Waals surface area (Å²) in [6.07, 6.45) is 2.48. The van der Waals surface area contributed by atoms with E-state index in [2.05, 4.69) is 10.2 Å². The number of rotatable bonds is 2. The fraction of sp³-hybridized carbons (Fsp3) is 1.00. The van der Waals surface area contributed by atoms with Crippen LogP contribution in [0.1, 0.15) is 12.8 Å². The first-order chi connectivity index (χ1) is 5.90. The molecule has 2 rings (SSSR count). The van der Waals surface area contributed by atoms with Gasteiger partial charge in [0.2, 0.25) is 0 Å². The van der Waals surface area contributed by atoms with Crippen molar-refractivity contribution in [1.82, 2.24) is 10.2 Å². The minimum atomic E-state index is 0.372. The van der Waals surface area contributed by atoms with Gasteiger partial charge in [-0.05, 0) is 31.8 Å². The highest BCUT2D eigenvalue weighted by molar-refractivity contribution is 4.85. The van der Waals surface area contributed by atoms with Crippen LogP contribution >= 0.6 is 0 Å². The molecule has 3 nitrogen and oxygen atoms in total. The number of nitrogens with one attached hydrogen (secondary N) is 1. The summed E-state index contributed by atoms with van der Waals surface area (Å²) in [6.45, 7) is 5.00. The number of aliphatic hydroxyl groups excluding tert-OH is 1. The predicted octanol–water partition coefficient (Wildman–Crippen LogP) is -0.337. The molecule has 0 aromatic heterocycles. The maximum absolute atomic E-state index is 8.98. The van der Waals surface area contributed by atoms with Crippen LogP contribution in [-0.2, 0) is 0 Å². The Morgan fingerprint density at radius 2 is 2.33 bits per heavy atom. The van der Waals surface area contributed by atoms with Gasteiger partial charge in [-0.25, -0.2) is 0 Å². The van der Waals surface area contributed by atoms with Crippen LogP contribution in [0.5, 0.6) is 0 Å². The topological polar surface area (TPSA) is 35.5 Å². The zero-order chi connectivity index (χ0) is 8.39. The Labute approximate surface area is 73.8 Å². The molecule has 0 bridgehead atoms. The van der Waals surface area contributed by atoms with Crippen molar-refractivity contribution in [3.05, 3.63) is 0 Å². The largest absolute Gasteiger partial charge is 0.396 e. The van der Waals surface area contributed by atoms with Gasteiger partial charge in [-0.3, -0.25) is 4.90 Å². The van der Waals surface area contributed by atoms with Crippen molar-refractivity contribution < 1.29 is 5.11 Å². The molecule has 0 saturated carbocycles. The van der Waals surface area contributed by atoms with E-state index >= 15 is 0 Å². The molecule has 70 valence electrons. The Morgan fingerprint density at radius 1 is 1.42 bits per heavy atom. The SMILES string of the molecule is OCC1CCN(C2CCNC2)C1. The standard InChI is InChI=1S/C9H18N2O/c12-7-8-2-4-11(6-8)9-1-3-10-5-9/h8-10,12H,1-7H2. The predicted molar refractivity (Wildman–Crippen MR) is 48.0 cm³/mol. The molecular formula is C9H18N2O. The third-order valence-corrected chi connectivity index (χ3v) is 3.13. The average molecular weight is 170 g/mol. The quantitative estimate of drug-likeness (QED) is 0.595. The molecule has 2 aliphatic rings. The second-order valence-electron chi connectivity index (χ2n) is 3.98. The van der Waals surface area contributed by atoms with E-state index in [0.29, 0.717) is 12.5 Å². The van der Waals surface area contributed by atoms with E-state index < -0.39 is 0 Å². The summed E-state index contributed by atoms with van der Waals surface area (Å²) in [4.78, 5) is 2.53. The molecule has 2 atom stereocenters. The van der Waals surface area contributed by atoms with Crippen molar-refractivity contribution >= 4 is 0 Å². The van der Waals surface area contributed by atoms with Crippen molar-refractivity contribution in [2.45, 2.75) is 18.9 Å². The Morgan fingerprint density at radius 3 is 2.92 bits per heavy atom. The van der Waals surface area contributed by atoms with E-state index in [1.54, 1.807) is 0 Å². The van der Waals surface area contributed by atoms with Crippen molar-refractivity contribution in [3.8, 4) is 0 Å². The number of aliphatic hydroxyl groups is 1. The lowest BCUT2D eigenvalue weighted by Gasteiger charge is -2.22. The molecule has 3 heteroatoms. The van der Waals surface area contributed by atoms with Gasteiger partial charge in [-0.2, -0.15) is 0 Å². The van der Waals surface area contributed by atoms with Crippen LogP contribution in [0.3, 0.4) is 0 Å². The number of hydrogen-bond donors (Lipinski definition) is 2. The molecule has 2 saturated heterocycles. The molecule has 2 N–H and O–H groups in total. The first kappa shape index (κ1) is 8.48. The molecule has 2 unspecified atom stereocenters. The lowest BCUT2D eigenvalue weighted by atomic mass is 10.1. The summed E-state index contributed by atoms with van der Waals surface area (Å²) in [7, 11) is 0. The third kappa shape index (κ3) is 1.63. The van der Waals surface area contributed by atoms with Gasteiger partial charge in [0, 0.05) is 25.7 Å². The van der Waals surface area contributed by atoms with Crippen LogP contribution < -0.4 is 5.32 Å². The van der Waals surface area contributed by atoms with Gasteiger partial charge in [-0.15, -0.1) is 0 Å². The van der Waals surface area contributed by atoms with E-state index in [1.807, 2.05) is 0 Å². The Bertz CT molecular complexity index is 145. The molecule has 0 radical (unpaired) electrons. The highest BCUT2D eigenvalue weighted by Crippen LogP contribution is 2.20. The van der Waals surface area contributed by atoms with Crippen molar-refractivity contribution in [2.75, 3.05) is 32.8 Å². The van der Waals surface area contributed by atoms with E-state index in [-0.39, 0.29) is 0 Å². The van der Waals surface area contributed by atoms with Gasteiger partial charge in [0.15, 0.2) is 0 Å². The van der Waals surface area contributed by atoms with Crippen LogP contribution in [-0.4, -0.2) is 48.8 Å². The number of likely N-dealkylation sites (tertiary alicyclic amines) is 1. The summed E-state index contributed by atoms with van der Waals surface area (Å²) >= 11 is 0. The Balaban J connectivity index is 1.81. The van der Waals surface area contributed by atoms with Crippen molar-refractivity contribution in [1.29, 1.82) is 0 Å². The van der Waals surface area contributed by atoms with Crippen LogP contribution in [0.4, 0.5) is 0 Å². The molecule has 0 aromatic rings. The zero-order valence-corrected chi connectivity index (χ0v) is 7.50. The van der Waals surface area contributed by atoms with E-state index in [0.717, 1.165) is 19.1 Å². The fourth-order valence-corrected chi connectivity index (χ4v) is 2.29. The molecule has 2 aliphatic heterocycles. The maximum atomic E-state index is 8.98. The van der Waals surface area contributed by atoms with Crippen LogP contribution in [0.2, 0.25) is 0 Å². The lowest BCUT2D eigenvalue weighted by molar-refractivity contribution is 0.204. The number of nitrogens with zero attached hydrogens (tertiary/aromatic N) is 1. The number of hydrogen-bond acceptors (Lipinski definition) is 3. The first-order valence-electron chi connectivity index (χ1n) is 4.96. The third-order valence-electron chi connectivity index (χ3n) is 3.13. The summed E-state index contributed by atoms with van der Waals surface area (Å²) < 4.78 is 0. The molecule has 0 aliphatic carbocycles. The zero-order valence-electron chi connectivity index (χ0n) is 7.50. The van der Waals surface area contributed by atoms with Gasteiger partial charge < -0.3 is 10.4 Å². The molecule has 2 fully saturated rings. The van der Waals surface area contributed by atoms with Gasteiger partial charge in [-0.1, -0.05) is 0 Å². The first-order valence-corrected chi connectivity index (χ1v) is 4.96. The van der Waals surface area contributed by atoms with Crippen LogP contribution in [0.15, 0.2) is 0 Å². The molecule has 0 aromatic carbocycles. The van der Waals surface area contributed by atoms with E-state index in [4.69, 9.17) is 5.11 Å². The van der Waals surface area contributed by atoms with E-state index in [1.165, 1.54) is 25.9 Å². The van der Waals surface area contributed by atoms with Gasteiger partial charge >= 0.3 is 0 Å². The van der Waals surface area contributed by atoms with Gasteiger partial charge in [0.05, 0.1) is 0 Å². The average Bonchev–Trinajstić information content (AvgIpc) is 2.75. The van der Waals surface area contributed by atoms with Gasteiger partial charge in [0.1, 0.15) is 0 Å². The summed E-state index contributed by atoms with van der Waals surface area (Å²) in [6, 6.07) is 0.751. The summed E-state index contributed by atoms with van der Waals surface area (Å²) in [5.74, 6) is 0.547. The highest BCUT2D eigenvalue weighted by Gasteiger charge is 2.29. The second kappa shape index (κ2) is 3.73. The normalized spacial score (nSPS) is 37.8. The van der Waals surface area contributed by atoms with E-state index in [9.17, 15) is 0 Å². The van der Waals surface area contributed by atoms with Crippen molar-refractivity contribution in [3.63, 3.8) is 0 Å². The Kier molecular flexibility index (Phi) is 2.63. The summed E-state index contributed by atoms with van der Waals surface area (Å²) in [5, 5.41) is 12.4. The maximum Gasteiger partial charge on any atom is 0.0471 e. The molecule has 2 heterocycles. The molecule has 0 amide bonds. The minimum absolute atomic E-state index is 0.372. The minimum Gasteiger partial charge on any atom is -0.396 e.